The molecule has 1 unspecified atom stereocenters. The van der Waals surface area contributed by atoms with Crippen LogP contribution in [0.3, 0.4) is 0 Å². The molecule has 192 valence electrons. The number of ether oxygens (including phenoxy) is 1. The Morgan fingerprint density at radius 1 is 0.944 bits per heavy atom. The first-order valence-electron chi connectivity index (χ1n) is 13.7. The summed E-state index contributed by atoms with van der Waals surface area (Å²) >= 11 is 0. The van der Waals surface area contributed by atoms with Crippen molar-refractivity contribution in [2.24, 2.45) is 5.92 Å². The summed E-state index contributed by atoms with van der Waals surface area (Å²) in [5, 5.41) is 3.05. The molecule has 1 amide bonds. The fraction of sp³-hybridized carbons (Fsp3) is 0.533. The highest BCUT2D eigenvalue weighted by molar-refractivity contribution is 5.91. The minimum atomic E-state index is -0.798. The maximum atomic E-state index is 14.0. The molecular formula is C30H40N3O3+. The zero-order valence-corrected chi connectivity index (χ0v) is 21.5. The van der Waals surface area contributed by atoms with Gasteiger partial charge in [-0.2, -0.15) is 0 Å². The fourth-order valence-electron chi connectivity index (χ4n) is 6.57. The number of fused-ring (bicyclic) bond motifs is 3. The number of quaternary nitrogens is 1. The van der Waals surface area contributed by atoms with Gasteiger partial charge in [0.05, 0.1) is 13.1 Å². The van der Waals surface area contributed by atoms with Crippen LogP contribution in [-0.2, 0) is 19.9 Å². The number of likely N-dealkylation sites (tertiary alicyclic amines) is 1. The van der Waals surface area contributed by atoms with Gasteiger partial charge in [-0.25, -0.2) is 4.79 Å². The van der Waals surface area contributed by atoms with Crippen molar-refractivity contribution >= 4 is 17.6 Å². The maximum Gasteiger partial charge on any atom is 0.331 e. The van der Waals surface area contributed by atoms with E-state index in [9.17, 15) is 9.59 Å². The van der Waals surface area contributed by atoms with Gasteiger partial charge >= 0.3 is 5.97 Å². The van der Waals surface area contributed by atoms with E-state index in [-0.39, 0.29) is 18.0 Å². The summed E-state index contributed by atoms with van der Waals surface area (Å²) in [5.74, 6) is 0.279. The lowest BCUT2D eigenvalue weighted by atomic mass is 9.82. The van der Waals surface area contributed by atoms with Gasteiger partial charge in [0.1, 0.15) is 12.1 Å². The number of anilines is 1. The van der Waals surface area contributed by atoms with Gasteiger partial charge in [-0.1, -0.05) is 61.4 Å². The summed E-state index contributed by atoms with van der Waals surface area (Å²) in [4.78, 5) is 29.3. The van der Waals surface area contributed by atoms with Crippen LogP contribution < -0.4 is 5.32 Å². The van der Waals surface area contributed by atoms with Crippen LogP contribution in [0, 0.1) is 5.92 Å². The minimum Gasteiger partial charge on any atom is -0.454 e. The molecule has 0 spiro atoms. The molecule has 4 saturated heterocycles. The third-order valence-corrected chi connectivity index (χ3v) is 8.81. The monoisotopic (exact) mass is 490 g/mol. The molecule has 2 bridgehead atoms. The number of para-hydroxylation sites is 1. The van der Waals surface area contributed by atoms with Crippen LogP contribution >= 0.6 is 0 Å². The van der Waals surface area contributed by atoms with Crippen LogP contribution in [-0.4, -0.2) is 66.6 Å². The Bertz CT molecular complexity index is 1030. The molecule has 0 aliphatic carbocycles. The average molecular weight is 491 g/mol. The topological polar surface area (TPSA) is 58.6 Å². The Hall–Kier alpha value is -2.70. The standard InChI is InChI=1S/C30H39N3O3/c1-30(25-12-6-4-7-13-25,32-18-10-2-3-11-19-32)29(35)36-27-22-33(20-16-24(27)17-21-33)23-28(34)31-26-14-8-5-9-15-26/h4-9,12-15,24,27H,2-3,10-11,16-23H2,1H3/p+1/t24?,27-,30?,33?/m1/s1. The average Bonchev–Trinajstić information content (AvgIpc) is 3.20. The minimum absolute atomic E-state index is 0.0327. The highest BCUT2D eigenvalue weighted by Crippen LogP contribution is 2.38. The molecule has 6 rings (SSSR count). The Morgan fingerprint density at radius 3 is 2.19 bits per heavy atom. The number of piperidine rings is 3. The van der Waals surface area contributed by atoms with Crippen LogP contribution in [0.1, 0.15) is 51.0 Å². The summed E-state index contributed by atoms with van der Waals surface area (Å²) in [7, 11) is 0. The summed E-state index contributed by atoms with van der Waals surface area (Å²) in [6.07, 6.45) is 6.51. The number of benzene rings is 2. The van der Waals surface area contributed by atoms with Crippen molar-refractivity contribution in [1.82, 2.24) is 4.90 Å². The molecule has 6 heteroatoms. The van der Waals surface area contributed by atoms with Crippen molar-refractivity contribution in [2.75, 3.05) is 44.6 Å². The quantitative estimate of drug-likeness (QED) is 0.456. The molecule has 1 N–H and O–H groups in total. The summed E-state index contributed by atoms with van der Waals surface area (Å²) in [5.41, 5.74) is 1.03. The normalized spacial score (nSPS) is 28.0. The predicted molar refractivity (Wildman–Crippen MR) is 141 cm³/mol. The van der Waals surface area contributed by atoms with Gasteiger partial charge in [0.15, 0.2) is 12.6 Å². The highest BCUT2D eigenvalue weighted by Gasteiger charge is 2.51. The number of hydrogen-bond donors (Lipinski definition) is 1. The van der Waals surface area contributed by atoms with Crippen LogP contribution in [0.4, 0.5) is 5.69 Å². The van der Waals surface area contributed by atoms with Crippen molar-refractivity contribution in [1.29, 1.82) is 0 Å². The Kier molecular flexibility index (Phi) is 7.44. The first-order chi connectivity index (χ1) is 17.5. The van der Waals surface area contributed by atoms with E-state index in [0.29, 0.717) is 16.9 Å². The van der Waals surface area contributed by atoms with E-state index in [4.69, 9.17) is 4.74 Å². The van der Waals surface area contributed by atoms with Gasteiger partial charge in [0.25, 0.3) is 5.91 Å². The first-order valence-corrected chi connectivity index (χ1v) is 13.7. The molecule has 4 aliphatic rings. The molecule has 2 aromatic rings. The smallest absolute Gasteiger partial charge is 0.331 e. The Morgan fingerprint density at radius 2 is 1.56 bits per heavy atom. The van der Waals surface area contributed by atoms with Gasteiger partial charge in [0.2, 0.25) is 0 Å². The SMILES string of the molecule is CC(C(=O)O[C@@H]1C[N+]2(CC(=O)Nc3ccccc3)CCC1CC2)(c1ccccc1)N1CCCCCC1. The molecule has 0 radical (unpaired) electrons. The van der Waals surface area contributed by atoms with Gasteiger partial charge in [-0.3, -0.25) is 9.69 Å². The number of amides is 1. The molecule has 36 heavy (non-hydrogen) atoms. The lowest BCUT2D eigenvalue weighted by molar-refractivity contribution is -0.939. The van der Waals surface area contributed by atoms with Crippen LogP contribution in [0.2, 0.25) is 0 Å². The van der Waals surface area contributed by atoms with E-state index < -0.39 is 5.54 Å². The maximum absolute atomic E-state index is 14.0. The van der Waals surface area contributed by atoms with E-state index in [2.05, 4.69) is 29.3 Å². The molecule has 0 saturated carbocycles. The number of rotatable bonds is 7. The lowest BCUT2D eigenvalue weighted by Gasteiger charge is -2.52. The lowest BCUT2D eigenvalue weighted by Crippen LogP contribution is -2.66. The van der Waals surface area contributed by atoms with Crippen molar-refractivity contribution in [3.63, 3.8) is 0 Å². The third-order valence-electron chi connectivity index (χ3n) is 8.81. The number of hydrogen-bond acceptors (Lipinski definition) is 4. The number of carbonyl (C=O) groups excluding carboxylic acids is 2. The Balaban J connectivity index is 1.31. The largest absolute Gasteiger partial charge is 0.454 e. The van der Waals surface area contributed by atoms with E-state index in [1.807, 2.05) is 48.5 Å². The zero-order valence-electron chi connectivity index (χ0n) is 21.5. The predicted octanol–water partition coefficient (Wildman–Crippen LogP) is 4.57. The van der Waals surface area contributed by atoms with Gasteiger partial charge in [0, 0.05) is 24.4 Å². The van der Waals surface area contributed by atoms with Crippen molar-refractivity contribution in [3.05, 3.63) is 66.2 Å². The molecular weight excluding hydrogens is 450 g/mol. The number of esters is 1. The highest BCUT2D eigenvalue weighted by atomic mass is 16.5. The molecule has 4 heterocycles. The number of nitrogens with zero attached hydrogens (tertiary/aromatic N) is 2. The van der Waals surface area contributed by atoms with E-state index >= 15 is 0 Å². The molecule has 6 nitrogen and oxygen atoms in total. The van der Waals surface area contributed by atoms with E-state index in [1.165, 1.54) is 12.8 Å². The molecule has 4 aliphatic heterocycles. The number of carbonyl (C=O) groups is 2. The van der Waals surface area contributed by atoms with Crippen LogP contribution in [0.15, 0.2) is 60.7 Å². The van der Waals surface area contributed by atoms with Crippen LogP contribution in [0.5, 0.6) is 0 Å². The zero-order chi connectivity index (χ0) is 25.0. The van der Waals surface area contributed by atoms with E-state index in [1.54, 1.807) is 0 Å². The second-order valence-corrected chi connectivity index (χ2v) is 11.2. The number of nitrogens with one attached hydrogen (secondary N) is 1. The Labute approximate surface area is 215 Å². The second-order valence-electron chi connectivity index (χ2n) is 11.2. The molecule has 2 aromatic carbocycles. The van der Waals surface area contributed by atoms with E-state index in [0.717, 1.165) is 69.7 Å². The second kappa shape index (κ2) is 10.7. The molecule has 4 fully saturated rings. The third kappa shape index (κ3) is 5.21. The van der Waals surface area contributed by atoms with Crippen molar-refractivity contribution < 1.29 is 18.8 Å². The molecule has 2 atom stereocenters. The summed E-state index contributed by atoms with van der Waals surface area (Å²) < 4.78 is 7.14. The van der Waals surface area contributed by atoms with Gasteiger partial charge < -0.3 is 14.5 Å². The summed E-state index contributed by atoms with van der Waals surface area (Å²) in [6, 6.07) is 19.8. The van der Waals surface area contributed by atoms with Crippen LogP contribution in [0.25, 0.3) is 0 Å². The van der Waals surface area contributed by atoms with Gasteiger partial charge in [-0.05, 0) is 50.6 Å². The summed E-state index contributed by atoms with van der Waals surface area (Å²) in [6.45, 7) is 6.98. The fourth-order valence-corrected chi connectivity index (χ4v) is 6.57. The first kappa shape index (κ1) is 25.0. The van der Waals surface area contributed by atoms with Crippen molar-refractivity contribution in [2.45, 2.75) is 57.1 Å². The molecule has 0 aromatic heterocycles. The van der Waals surface area contributed by atoms with Gasteiger partial charge in [-0.15, -0.1) is 0 Å². The van der Waals surface area contributed by atoms with Crippen molar-refractivity contribution in [3.8, 4) is 0 Å².